The number of amides is 1. The normalized spacial score (nSPS) is 24.6. The molecule has 166 valence electrons. The van der Waals surface area contributed by atoms with Gasteiger partial charge >= 0.3 is 0 Å². The standard InChI is InChI=1S/C26H24ClN5O/c1-26(17-31-13-12-29-24(33)16-31)25(18-6-9-21(27)10-7-18)30-23-11-8-20(15-32(23)26)22-5-3-2-4-19(22)14-28/h2-11,15,25H,12-13,16-17H2,1H3,(H,29,33). The van der Waals surface area contributed by atoms with Crippen LogP contribution >= 0.6 is 11.6 Å². The van der Waals surface area contributed by atoms with E-state index in [1.54, 1.807) is 0 Å². The van der Waals surface area contributed by atoms with Gasteiger partial charge in [-0.05, 0) is 48.4 Å². The molecule has 1 saturated heterocycles. The lowest BCUT2D eigenvalue weighted by atomic mass is 9.85. The lowest BCUT2D eigenvalue weighted by Crippen LogP contribution is -2.57. The molecule has 0 aromatic heterocycles. The number of carbonyl (C=O) groups is 1. The summed E-state index contributed by atoms with van der Waals surface area (Å²) < 4.78 is 0. The van der Waals surface area contributed by atoms with Crippen molar-refractivity contribution >= 4 is 28.9 Å². The summed E-state index contributed by atoms with van der Waals surface area (Å²) in [5.41, 5.74) is 3.14. The zero-order valence-corrected chi connectivity index (χ0v) is 19.1. The first kappa shape index (κ1) is 21.4. The van der Waals surface area contributed by atoms with Crippen molar-refractivity contribution in [1.82, 2.24) is 15.1 Å². The van der Waals surface area contributed by atoms with Crippen molar-refractivity contribution in [2.24, 2.45) is 4.99 Å². The molecule has 7 heteroatoms. The number of hydrogen-bond acceptors (Lipinski definition) is 5. The van der Waals surface area contributed by atoms with Crippen LogP contribution in [0.15, 0.2) is 71.9 Å². The van der Waals surface area contributed by atoms with Crippen molar-refractivity contribution in [3.05, 3.63) is 88.6 Å². The summed E-state index contributed by atoms with van der Waals surface area (Å²) in [7, 11) is 0. The second-order valence-electron chi connectivity index (χ2n) is 8.80. The highest BCUT2D eigenvalue weighted by atomic mass is 35.5. The van der Waals surface area contributed by atoms with Crippen molar-refractivity contribution in [3.8, 4) is 6.07 Å². The number of amidine groups is 1. The smallest absolute Gasteiger partial charge is 0.234 e. The molecule has 3 aliphatic heterocycles. The van der Waals surface area contributed by atoms with Crippen LogP contribution in [0.3, 0.4) is 0 Å². The van der Waals surface area contributed by atoms with E-state index in [0.717, 1.165) is 29.1 Å². The number of halogens is 1. The number of hydrogen-bond donors (Lipinski definition) is 1. The third kappa shape index (κ3) is 3.95. The maximum absolute atomic E-state index is 12.1. The maximum atomic E-state index is 12.1. The van der Waals surface area contributed by atoms with Gasteiger partial charge in [-0.1, -0.05) is 41.9 Å². The quantitative estimate of drug-likeness (QED) is 0.758. The Labute approximate surface area is 198 Å². The summed E-state index contributed by atoms with van der Waals surface area (Å²) >= 11 is 6.15. The molecule has 3 heterocycles. The maximum Gasteiger partial charge on any atom is 0.234 e. The monoisotopic (exact) mass is 457 g/mol. The summed E-state index contributed by atoms with van der Waals surface area (Å²) in [5, 5.41) is 13.2. The van der Waals surface area contributed by atoms with Crippen LogP contribution in [0.4, 0.5) is 0 Å². The molecule has 3 aliphatic rings. The SMILES string of the molecule is CC1(CN2CCNC(=O)C2)C(c2ccc(Cl)cc2)N=C2C=CC(c3ccccc3C#N)=CN21. The Morgan fingerprint density at radius 1 is 1.21 bits per heavy atom. The van der Waals surface area contributed by atoms with Gasteiger partial charge in [0.25, 0.3) is 0 Å². The number of nitrogens with zero attached hydrogens (tertiary/aromatic N) is 4. The van der Waals surface area contributed by atoms with Crippen LogP contribution < -0.4 is 5.32 Å². The Kier molecular flexibility index (Phi) is 5.53. The van der Waals surface area contributed by atoms with Gasteiger partial charge in [-0.2, -0.15) is 5.26 Å². The van der Waals surface area contributed by atoms with Crippen LogP contribution in [0, 0.1) is 11.3 Å². The average molecular weight is 458 g/mol. The Morgan fingerprint density at radius 3 is 2.76 bits per heavy atom. The van der Waals surface area contributed by atoms with E-state index in [1.807, 2.05) is 60.7 Å². The molecule has 2 aromatic rings. The summed E-state index contributed by atoms with van der Waals surface area (Å²) in [6.45, 7) is 4.67. The zero-order chi connectivity index (χ0) is 23.0. The molecule has 6 nitrogen and oxygen atoms in total. The topological polar surface area (TPSA) is 71.7 Å². The van der Waals surface area contributed by atoms with Crippen LogP contribution in [0.25, 0.3) is 5.57 Å². The third-order valence-electron chi connectivity index (χ3n) is 6.53. The molecule has 33 heavy (non-hydrogen) atoms. The summed E-state index contributed by atoms with van der Waals surface area (Å²) in [6, 6.07) is 17.6. The summed E-state index contributed by atoms with van der Waals surface area (Å²) in [6.07, 6.45) is 6.13. The van der Waals surface area contributed by atoms with Gasteiger partial charge in [-0.15, -0.1) is 0 Å². The number of rotatable bonds is 4. The Bertz CT molecular complexity index is 1230. The molecule has 1 amide bonds. The first-order chi connectivity index (χ1) is 16.0. The molecule has 0 bridgehead atoms. The molecule has 0 saturated carbocycles. The molecule has 0 spiro atoms. The minimum absolute atomic E-state index is 0.0461. The van der Waals surface area contributed by atoms with E-state index in [2.05, 4.69) is 34.3 Å². The average Bonchev–Trinajstić information content (AvgIpc) is 3.11. The first-order valence-corrected chi connectivity index (χ1v) is 11.4. The lowest BCUT2D eigenvalue weighted by molar-refractivity contribution is -0.124. The summed E-state index contributed by atoms with van der Waals surface area (Å²) in [4.78, 5) is 21.6. The molecule has 1 N–H and O–H groups in total. The van der Waals surface area contributed by atoms with Gasteiger partial charge in [0, 0.05) is 36.4 Å². The highest BCUT2D eigenvalue weighted by Gasteiger charge is 2.48. The molecule has 2 atom stereocenters. The van der Waals surface area contributed by atoms with Gasteiger partial charge in [0.1, 0.15) is 11.9 Å². The minimum atomic E-state index is -0.432. The van der Waals surface area contributed by atoms with Crippen molar-refractivity contribution in [3.63, 3.8) is 0 Å². The molecular weight excluding hydrogens is 434 g/mol. The fraction of sp³-hybridized carbons (Fsp3) is 0.269. The Morgan fingerprint density at radius 2 is 2.00 bits per heavy atom. The number of carbonyl (C=O) groups excluding carboxylic acids is 1. The number of nitriles is 1. The molecule has 1 fully saturated rings. The highest BCUT2D eigenvalue weighted by Crippen LogP contribution is 2.44. The van der Waals surface area contributed by atoms with Crippen molar-refractivity contribution in [2.75, 3.05) is 26.2 Å². The largest absolute Gasteiger partial charge is 0.354 e. The van der Waals surface area contributed by atoms with Gasteiger partial charge < -0.3 is 10.2 Å². The van der Waals surface area contributed by atoms with E-state index < -0.39 is 5.54 Å². The lowest BCUT2D eigenvalue weighted by Gasteiger charge is -2.43. The van der Waals surface area contributed by atoms with Gasteiger partial charge in [-0.3, -0.25) is 14.7 Å². The fourth-order valence-electron chi connectivity index (χ4n) is 4.92. The fourth-order valence-corrected chi connectivity index (χ4v) is 5.05. The van der Waals surface area contributed by atoms with Crippen molar-refractivity contribution in [1.29, 1.82) is 5.26 Å². The predicted molar refractivity (Wildman–Crippen MR) is 130 cm³/mol. The number of piperazine rings is 1. The third-order valence-corrected chi connectivity index (χ3v) is 6.79. The number of nitrogens with one attached hydrogen (secondary N) is 1. The van der Waals surface area contributed by atoms with E-state index in [-0.39, 0.29) is 11.9 Å². The molecule has 2 unspecified atom stereocenters. The van der Waals surface area contributed by atoms with Crippen LogP contribution in [0.5, 0.6) is 0 Å². The number of allylic oxidation sites excluding steroid dienone is 2. The van der Waals surface area contributed by atoms with Crippen molar-refractivity contribution in [2.45, 2.75) is 18.5 Å². The van der Waals surface area contributed by atoms with E-state index in [0.29, 0.717) is 30.2 Å². The number of benzene rings is 2. The van der Waals surface area contributed by atoms with Crippen molar-refractivity contribution < 1.29 is 4.79 Å². The van der Waals surface area contributed by atoms with E-state index in [9.17, 15) is 10.1 Å². The Balaban J connectivity index is 1.56. The van der Waals surface area contributed by atoms with Gasteiger partial charge in [0.15, 0.2) is 0 Å². The molecule has 2 aromatic carbocycles. The second kappa shape index (κ2) is 8.51. The molecule has 0 aliphatic carbocycles. The number of aliphatic imine (C=N–C) groups is 1. The van der Waals surface area contributed by atoms with E-state index in [4.69, 9.17) is 16.6 Å². The van der Waals surface area contributed by atoms with E-state index in [1.165, 1.54) is 0 Å². The summed E-state index contributed by atoms with van der Waals surface area (Å²) in [5.74, 6) is 0.918. The predicted octanol–water partition coefficient (Wildman–Crippen LogP) is 3.77. The number of fused-ring (bicyclic) bond motifs is 1. The Hall–Kier alpha value is -3.40. The van der Waals surface area contributed by atoms with Crippen LogP contribution in [0.1, 0.15) is 29.7 Å². The molecule has 5 rings (SSSR count). The van der Waals surface area contributed by atoms with Gasteiger partial charge in [0.05, 0.1) is 23.7 Å². The van der Waals surface area contributed by atoms with Crippen LogP contribution in [-0.4, -0.2) is 53.3 Å². The minimum Gasteiger partial charge on any atom is -0.354 e. The van der Waals surface area contributed by atoms with Gasteiger partial charge in [-0.25, -0.2) is 0 Å². The highest BCUT2D eigenvalue weighted by molar-refractivity contribution is 6.30. The molecular formula is C26H24ClN5O. The van der Waals surface area contributed by atoms with Crippen LogP contribution in [-0.2, 0) is 4.79 Å². The second-order valence-corrected chi connectivity index (χ2v) is 9.24. The van der Waals surface area contributed by atoms with Crippen LogP contribution in [0.2, 0.25) is 5.02 Å². The first-order valence-electron chi connectivity index (χ1n) is 11.0. The van der Waals surface area contributed by atoms with Gasteiger partial charge in [0.2, 0.25) is 5.91 Å². The zero-order valence-electron chi connectivity index (χ0n) is 18.3. The molecule has 0 radical (unpaired) electrons. The van der Waals surface area contributed by atoms with E-state index >= 15 is 0 Å².